The molecule has 2 aromatic rings. The number of aromatic nitrogens is 2. The van der Waals surface area contributed by atoms with Crippen LogP contribution in [-0.2, 0) is 20.6 Å². The molecule has 25 heavy (non-hydrogen) atoms. The van der Waals surface area contributed by atoms with Gasteiger partial charge in [-0.15, -0.1) is 0 Å². The number of rotatable bonds is 5. The van der Waals surface area contributed by atoms with Crippen LogP contribution < -0.4 is 16.1 Å². The lowest BCUT2D eigenvalue weighted by Crippen LogP contribution is -2.43. The van der Waals surface area contributed by atoms with E-state index in [0.29, 0.717) is 24.8 Å². The molecule has 0 radical (unpaired) electrons. The summed E-state index contributed by atoms with van der Waals surface area (Å²) in [7, 11) is 2.92. The molecule has 0 saturated heterocycles. The van der Waals surface area contributed by atoms with Crippen LogP contribution in [0.1, 0.15) is 24.0 Å². The molecule has 0 spiro atoms. The summed E-state index contributed by atoms with van der Waals surface area (Å²) in [4.78, 5) is 26.6. The molecule has 0 aliphatic heterocycles. The van der Waals surface area contributed by atoms with Gasteiger partial charge in [0.25, 0.3) is 5.56 Å². The lowest BCUT2D eigenvalue weighted by molar-refractivity contribution is 0.622. The second-order valence-electron chi connectivity index (χ2n) is 6.47. The number of nitriles is 1. The van der Waals surface area contributed by atoms with Crippen molar-refractivity contribution in [2.45, 2.75) is 19.4 Å². The molecule has 0 N–H and O–H groups in total. The highest BCUT2D eigenvalue weighted by molar-refractivity contribution is 5.54. The molecule has 1 saturated carbocycles. The van der Waals surface area contributed by atoms with E-state index in [4.69, 9.17) is 0 Å². The van der Waals surface area contributed by atoms with E-state index in [9.17, 15) is 19.2 Å². The Morgan fingerprint density at radius 1 is 1.20 bits per heavy atom. The number of anilines is 1. The highest BCUT2D eigenvalue weighted by Gasteiger charge is 2.28. The van der Waals surface area contributed by atoms with Crippen LogP contribution in [0.3, 0.4) is 0 Å². The van der Waals surface area contributed by atoms with Crippen molar-refractivity contribution in [3.8, 4) is 6.07 Å². The molecule has 0 amide bonds. The number of hydrogen-bond donors (Lipinski definition) is 0. The van der Waals surface area contributed by atoms with E-state index in [1.165, 1.54) is 23.7 Å². The zero-order chi connectivity index (χ0) is 18.1. The van der Waals surface area contributed by atoms with Crippen LogP contribution in [0.4, 0.5) is 10.2 Å². The third-order valence-electron chi connectivity index (χ3n) is 4.51. The smallest absolute Gasteiger partial charge is 0.332 e. The summed E-state index contributed by atoms with van der Waals surface area (Å²) in [5.74, 6) is 0.481. The van der Waals surface area contributed by atoms with Crippen LogP contribution in [-0.4, -0.2) is 15.7 Å². The van der Waals surface area contributed by atoms with Gasteiger partial charge < -0.3 is 4.90 Å². The van der Waals surface area contributed by atoms with Gasteiger partial charge in [0.1, 0.15) is 17.7 Å². The van der Waals surface area contributed by atoms with Crippen LogP contribution in [0.25, 0.3) is 0 Å². The van der Waals surface area contributed by atoms with Crippen molar-refractivity contribution in [1.82, 2.24) is 9.13 Å². The Bertz CT molecular complexity index is 949. The fraction of sp³-hybridized carbons (Fsp3) is 0.389. The average Bonchev–Trinajstić information content (AvgIpc) is 3.41. The quantitative estimate of drug-likeness (QED) is 0.826. The summed E-state index contributed by atoms with van der Waals surface area (Å²) in [5.41, 5.74) is -0.272. The Morgan fingerprint density at radius 2 is 1.84 bits per heavy atom. The monoisotopic (exact) mass is 342 g/mol. The molecular formula is C18H19FN4O2. The molecule has 0 atom stereocenters. The van der Waals surface area contributed by atoms with E-state index in [-0.39, 0.29) is 11.4 Å². The van der Waals surface area contributed by atoms with Gasteiger partial charge in [-0.3, -0.25) is 13.9 Å². The van der Waals surface area contributed by atoms with Gasteiger partial charge in [0.2, 0.25) is 0 Å². The Labute approximate surface area is 144 Å². The van der Waals surface area contributed by atoms with Crippen molar-refractivity contribution >= 4 is 5.82 Å². The lowest BCUT2D eigenvalue weighted by Gasteiger charge is -2.27. The second kappa shape index (κ2) is 6.55. The van der Waals surface area contributed by atoms with Crippen LogP contribution in [0.5, 0.6) is 0 Å². The first-order valence-electron chi connectivity index (χ1n) is 8.12. The topological polar surface area (TPSA) is 71.0 Å². The molecule has 1 aliphatic carbocycles. The largest absolute Gasteiger partial charge is 0.352 e. The first kappa shape index (κ1) is 17.0. The van der Waals surface area contributed by atoms with Crippen molar-refractivity contribution in [2.75, 3.05) is 11.4 Å². The second-order valence-corrected chi connectivity index (χ2v) is 6.47. The van der Waals surface area contributed by atoms with Gasteiger partial charge in [0.15, 0.2) is 5.56 Å². The summed E-state index contributed by atoms with van der Waals surface area (Å²) in [5, 5.41) is 9.49. The summed E-state index contributed by atoms with van der Waals surface area (Å²) < 4.78 is 15.4. The SMILES string of the molecule is Cn1c(N(Cc2ccc(F)cc2)CC2CC2)c(C#N)c(=O)n(C)c1=O. The van der Waals surface area contributed by atoms with E-state index in [1.54, 1.807) is 19.2 Å². The van der Waals surface area contributed by atoms with Crippen molar-refractivity contribution < 1.29 is 4.39 Å². The average molecular weight is 342 g/mol. The molecule has 1 aromatic heterocycles. The first-order chi connectivity index (χ1) is 11.9. The first-order valence-corrected chi connectivity index (χ1v) is 8.12. The van der Waals surface area contributed by atoms with Gasteiger partial charge in [-0.1, -0.05) is 12.1 Å². The van der Waals surface area contributed by atoms with Crippen molar-refractivity contribution in [3.05, 3.63) is 62.0 Å². The normalized spacial score (nSPS) is 13.5. The Hall–Kier alpha value is -2.88. The molecule has 0 unspecified atom stereocenters. The third kappa shape index (κ3) is 3.33. The Kier molecular flexibility index (Phi) is 4.45. The van der Waals surface area contributed by atoms with E-state index in [2.05, 4.69) is 0 Å². The van der Waals surface area contributed by atoms with Crippen LogP contribution in [0, 0.1) is 23.1 Å². The van der Waals surface area contributed by atoms with Crippen LogP contribution in [0.15, 0.2) is 33.9 Å². The van der Waals surface area contributed by atoms with Crippen LogP contribution in [0.2, 0.25) is 0 Å². The molecular weight excluding hydrogens is 323 g/mol. The molecule has 0 bridgehead atoms. The van der Waals surface area contributed by atoms with Gasteiger partial charge >= 0.3 is 5.69 Å². The number of nitrogens with zero attached hydrogens (tertiary/aromatic N) is 4. The van der Waals surface area contributed by atoms with Gasteiger partial charge in [0.05, 0.1) is 0 Å². The van der Waals surface area contributed by atoms with Crippen molar-refractivity contribution in [3.63, 3.8) is 0 Å². The van der Waals surface area contributed by atoms with Crippen molar-refractivity contribution in [2.24, 2.45) is 20.0 Å². The molecule has 7 heteroatoms. The standard InChI is InChI=1S/C18H19FN4O2/c1-21-16(15(9-20)17(24)22(2)18(21)25)23(10-12-3-4-12)11-13-5-7-14(19)8-6-13/h5-8,12H,3-4,10-11H2,1-2H3. The number of benzene rings is 1. The maximum atomic E-state index is 13.2. The Balaban J connectivity index is 2.10. The lowest BCUT2D eigenvalue weighted by atomic mass is 10.2. The molecule has 1 aromatic carbocycles. The van der Waals surface area contributed by atoms with Crippen molar-refractivity contribution in [1.29, 1.82) is 5.26 Å². The minimum absolute atomic E-state index is 0.0487. The van der Waals surface area contributed by atoms with Crippen LogP contribution >= 0.6 is 0 Å². The molecule has 1 fully saturated rings. The number of halogens is 1. The zero-order valence-corrected chi connectivity index (χ0v) is 14.2. The van der Waals surface area contributed by atoms with E-state index >= 15 is 0 Å². The maximum Gasteiger partial charge on any atom is 0.332 e. The summed E-state index contributed by atoms with van der Waals surface area (Å²) in [6.45, 7) is 1.04. The summed E-state index contributed by atoms with van der Waals surface area (Å²) in [6, 6.07) is 8.03. The number of hydrogen-bond acceptors (Lipinski definition) is 4. The van der Waals surface area contributed by atoms with Gasteiger partial charge in [-0.25, -0.2) is 9.18 Å². The molecule has 1 heterocycles. The highest BCUT2D eigenvalue weighted by Crippen LogP contribution is 2.32. The molecule has 1 aliphatic rings. The van der Waals surface area contributed by atoms with E-state index < -0.39 is 11.2 Å². The minimum atomic E-state index is -0.597. The van der Waals surface area contributed by atoms with Gasteiger partial charge in [-0.05, 0) is 36.5 Å². The molecule has 6 nitrogen and oxygen atoms in total. The van der Waals surface area contributed by atoms with Gasteiger partial charge in [-0.2, -0.15) is 5.26 Å². The fourth-order valence-corrected chi connectivity index (χ4v) is 2.95. The fourth-order valence-electron chi connectivity index (χ4n) is 2.95. The predicted octanol–water partition coefficient (Wildman–Crippen LogP) is 1.51. The zero-order valence-electron chi connectivity index (χ0n) is 14.2. The molecule has 3 rings (SSSR count). The summed E-state index contributed by atoms with van der Waals surface area (Å²) in [6.07, 6.45) is 2.17. The van der Waals surface area contributed by atoms with E-state index in [0.717, 1.165) is 23.0 Å². The maximum absolute atomic E-state index is 13.2. The molecule has 130 valence electrons. The minimum Gasteiger partial charge on any atom is -0.352 e. The Morgan fingerprint density at radius 3 is 2.40 bits per heavy atom. The van der Waals surface area contributed by atoms with E-state index in [1.807, 2.05) is 11.0 Å². The predicted molar refractivity (Wildman–Crippen MR) is 91.8 cm³/mol. The summed E-state index contributed by atoms with van der Waals surface area (Å²) >= 11 is 0. The highest BCUT2D eigenvalue weighted by atomic mass is 19.1. The van der Waals surface area contributed by atoms with Gasteiger partial charge in [0, 0.05) is 27.2 Å². The third-order valence-corrected chi connectivity index (χ3v) is 4.51.